The summed E-state index contributed by atoms with van der Waals surface area (Å²) < 4.78 is 10.8. The number of nitrogens with zero attached hydrogens (tertiary/aromatic N) is 2. The van der Waals surface area contributed by atoms with Crippen LogP contribution in [-0.4, -0.2) is 49.8 Å². The number of nitriles is 1. The highest BCUT2D eigenvalue weighted by Gasteiger charge is 2.27. The van der Waals surface area contributed by atoms with Gasteiger partial charge in [0.1, 0.15) is 17.4 Å². The monoisotopic (exact) mass is 343 g/mol. The summed E-state index contributed by atoms with van der Waals surface area (Å²) in [5, 5.41) is 12.3. The lowest BCUT2D eigenvalue weighted by molar-refractivity contribution is -0.138. The molecule has 0 bridgehead atoms. The minimum Gasteiger partial charge on any atom is -0.497 e. The SMILES string of the molecule is COc1ccc(CCN/C=C(/C#N)C(=O)N2CC(C)OC(C)C2)cc1. The minimum atomic E-state index is -0.249. The lowest BCUT2D eigenvalue weighted by atomic mass is 10.1. The van der Waals surface area contributed by atoms with E-state index in [2.05, 4.69) is 5.32 Å². The molecule has 1 aromatic rings. The van der Waals surface area contributed by atoms with Crippen molar-refractivity contribution in [1.82, 2.24) is 10.2 Å². The molecule has 1 amide bonds. The predicted molar refractivity (Wildman–Crippen MR) is 95.0 cm³/mol. The lowest BCUT2D eigenvalue weighted by Gasteiger charge is -2.35. The van der Waals surface area contributed by atoms with Crippen LogP contribution < -0.4 is 10.1 Å². The van der Waals surface area contributed by atoms with Crippen molar-refractivity contribution >= 4 is 5.91 Å². The first-order chi connectivity index (χ1) is 12.0. The molecule has 0 aromatic heterocycles. The Hall–Kier alpha value is -2.52. The number of hydrogen-bond donors (Lipinski definition) is 1. The zero-order chi connectivity index (χ0) is 18.2. The van der Waals surface area contributed by atoms with E-state index < -0.39 is 0 Å². The van der Waals surface area contributed by atoms with E-state index >= 15 is 0 Å². The number of carbonyl (C=O) groups excluding carboxylic acids is 1. The molecule has 0 radical (unpaired) electrons. The molecule has 1 saturated heterocycles. The lowest BCUT2D eigenvalue weighted by Crippen LogP contribution is -2.48. The van der Waals surface area contributed by atoms with Crippen LogP contribution in [0.4, 0.5) is 0 Å². The van der Waals surface area contributed by atoms with Crippen LogP contribution in [0.25, 0.3) is 0 Å². The second-order valence-corrected chi connectivity index (χ2v) is 6.19. The van der Waals surface area contributed by atoms with Gasteiger partial charge in [0.2, 0.25) is 0 Å². The second-order valence-electron chi connectivity index (χ2n) is 6.19. The highest BCUT2D eigenvalue weighted by molar-refractivity contribution is 5.97. The van der Waals surface area contributed by atoms with Gasteiger partial charge in [-0.15, -0.1) is 0 Å². The predicted octanol–water partition coefficient (Wildman–Crippen LogP) is 1.87. The van der Waals surface area contributed by atoms with Crippen molar-refractivity contribution in [2.75, 3.05) is 26.7 Å². The largest absolute Gasteiger partial charge is 0.497 e. The fraction of sp³-hybridized carbons (Fsp3) is 0.474. The smallest absolute Gasteiger partial charge is 0.266 e. The van der Waals surface area contributed by atoms with Crippen LogP contribution in [-0.2, 0) is 16.0 Å². The molecule has 0 aliphatic carbocycles. The molecule has 1 fully saturated rings. The van der Waals surface area contributed by atoms with Crippen molar-refractivity contribution in [2.24, 2.45) is 0 Å². The molecule has 2 atom stereocenters. The number of methoxy groups -OCH3 is 1. The molecule has 1 N–H and O–H groups in total. The van der Waals surface area contributed by atoms with Crippen molar-refractivity contribution in [3.05, 3.63) is 41.6 Å². The molecule has 1 aromatic carbocycles. The van der Waals surface area contributed by atoms with E-state index in [1.807, 2.05) is 44.2 Å². The van der Waals surface area contributed by atoms with Crippen LogP contribution in [0.15, 0.2) is 36.0 Å². The summed E-state index contributed by atoms with van der Waals surface area (Å²) in [5.41, 5.74) is 1.28. The van der Waals surface area contributed by atoms with E-state index in [4.69, 9.17) is 9.47 Å². The number of amides is 1. The Morgan fingerprint density at radius 3 is 2.56 bits per heavy atom. The first kappa shape index (κ1) is 18.8. The van der Waals surface area contributed by atoms with Crippen molar-refractivity contribution in [3.63, 3.8) is 0 Å². The Morgan fingerprint density at radius 1 is 1.36 bits per heavy atom. The fourth-order valence-electron chi connectivity index (χ4n) is 2.84. The summed E-state index contributed by atoms with van der Waals surface area (Å²) in [6.07, 6.45) is 2.27. The topological polar surface area (TPSA) is 74.6 Å². The number of benzene rings is 1. The molecule has 6 nitrogen and oxygen atoms in total. The third-order valence-electron chi connectivity index (χ3n) is 4.02. The molecule has 1 aliphatic heterocycles. The molecule has 6 heteroatoms. The number of ether oxygens (including phenoxy) is 2. The van der Waals surface area contributed by atoms with Gasteiger partial charge in [0, 0.05) is 25.8 Å². The van der Waals surface area contributed by atoms with Crippen molar-refractivity contribution in [3.8, 4) is 11.8 Å². The van der Waals surface area contributed by atoms with E-state index in [0.29, 0.717) is 19.6 Å². The van der Waals surface area contributed by atoms with Crippen LogP contribution in [0.3, 0.4) is 0 Å². The van der Waals surface area contributed by atoms with Crippen molar-refractivity contribution in [1.29, 1.82) is 5.26 Å². The highest BCUT2D eigenvalue weighted by Crippen LogP contribution is 2.13. The van der Waals surface area contributed by atoms with Crippen LogP contribution >= 0.6 is 0 Å². The summed E-state index contributed by atoms with van der Waals surface area (Å²) in [4.78, 5) is 14.2. The minimum absolute atomic E-state index is 0.0179. The van der Waals surface area contributed by atoms with Gasteiger partial charge in [-0.3, -0.25) is 4.79 Å². The van der Waals surface area contributed by atoms with E-state index in [1.165, 1.54) is 6.20 Å². The molecular formula is C19H25N3O3. The normalized spacial score (nSPS) is 20.7. The van der Waals surface area contributed by atoms with E-state index in [1.54, 1.807) is 12.0 Å². The third kappa shape index (κ3) is 5.50. The first-order valence-corrected chi connectivity index (χ1v) is 8.44. The van der Waals surface area contributed by atoms with Crippen LogP contribution in [0.5, 0.6) is 5.75 Å². The van der Waals surface area contributed by atoms with Gasteiger partial charge in [0.25, 0.3) is 5.91 Å². The van der Waals surface area contributed by atoms with E-state index in [9.17, 15) is 10.1 Å². The molecule has 1 aliphatic rings. The summed E-state index contributed by atoms with van der Waals surface area (Å²) in [6, 6.07) is 9.81. The Labute approximate surface area is 149 Å². The van der Waals surface area contributed by atoms with Gasteiger partial charge in [-0.25, -0.2) is 0 Å². The zero-order valence-electron chi connectivity index (χ0n) is 15.0. The summed E-state index contributed by atoms with van der Waals surface area (Å²) in [6.45, 7) is 5.51. The van der Waals surface area contributed by atoms with Gasteiger partial charge >= 0.3 is 0 Å². The number of nitrogens with one attached hydrogen (secondary N) is 1. The third-order valence-corrected chi connectivity index (χ3v) is 4.02. The number of hydrogen-bond acceptors (Lipinski definition) is 5. The van der Waals surface area contributed by atoms with Gasteiger partial charge in [0.15, 0.2) is 0 Å². The summed E-state index contributed by atoms with van der Waals surface area (Å²) in [7, 11) is 1.64. The quantitative estimate of drug-likeness (QED) is 0.485. The zero-order valence-corrected chi connectivity index (χ0v) is 15.0. The van der Waals surface area contributed by atoms with Crippen molar-refractivity contribution in [2.45, 2.75) is 32.5 Å². The van der Waals surface area contributed by atoms with E-state index in [-0.39, 0.29) is 23.7 Å². The van der Waals surface area contributed by atoms with Crippen molar-refractivity contribution < 1.29 is 14.3 Å². The molecule has 1 heterocycles. The Bertz CT molecular complexity index is 639. The van der Waals surface area contributed by atoms with Crippen LogP contribution in [0, 0.1) is 11.3 Å². The Morgan fingerprint density at radius 2 is 2.00 bits per heavy atom. The Balaban J connectivity index is 1.86. The Kier molecular flexibility index (Phi) is 6.84. The summed E-state index contributed by atoms with van der Waals surface area (Å²) in [5.74, 6) is 0.574. The van der Waals surface area contributed by atoms with Gasteiger partial charge in [-0.05, 0) is 38.0 Å². The summed E-state index contributed by atoms with van der Waals surface area (Å²) >= 11 is 0. The maximum absolute atomic E-state index is 12.5. The number of morpholine rings is 1. The fourth-order valence-corrected chi connectivity index (χ4v) is 2.84. The highest BCUT2D eigenvalue weighted by atomic mass is 16.5. The maximum atomic E-state index is 12.5. The number of carbonyl (C=O) groups is 1. The van der Waals surface area contributed by atoms with E-state index in [0.717, 1.165) is 17.7 Å². The molecule has 0 saturated carbocycles. The average Bonchev–Trinajstić information content (AvgIpc) is 2.61. The number of rotatable bonds is 6. The molecular weight excluding hydrogens is 318 g/mol. The van der Waals surface area contributed by atoms with Gasteiger partial charge in [-0.1, -0.05) is 12.1 Å². The van der Waals surface area contributed by atoms with Gasteiger partial charge < -0.3 is 19.7 Å². The molecule has 0 spiro atoms. The molecule has 2 unspecified atom stereocenters. The average molecular weight is 343 g/mol. The van der Waals surface area contributed by atoms with Crippen LogP contribution in [0.1, 0.15) is 19.4 Å². The molecule has 134 valence electrons. The molecule has 2 rings (SSSR count). The van der Waals surface area contributed by atoms with Gasteiger partial charge in [-0.2, -0.15) is 5.26 Å². The second kappa shape index (κ2) is 9.09. The van der Waals surface area contributed by atoms with Crippen LogP contribution in [0.2, 0.25) is 0 Å². The standard InChI is InChI=1S/C19H25N3O3/c1-14-12-22(13-15(2)25-14)19(23)17(10-20)11-21-9-8-16-4-6-18(24-3)7-5-16/h4-7,11,14-15,21H,8-9,12-13H2,1-3H3/b17-11-. The molecule has 25 heavy (non-hydrogen) atoms. The first-order valence-electron chi connectivity index (χ1n) is 8.44. The maximum Gasteiger partial charge on any atom is 0.266 e. The van der Waals surface area contributed by atoms with Gasteiger partial charge in [0.05, 0.1) is 19.3 Å².